The van der Waals surface area contributed by atoms with Crippen LogP contribution in [0.1, 0.15) is 17.5 Å². The van der Waals surface area contributed by atoms with Crippen LogP contribution in [0.15, 0.2) is 36.7 Å². The molecule has 0 fully saturated rings. The van der Waals surface area contributed by atoms with Crippen molar-refractivity contribution in [1.29, 1.82) is 0 Å². The van der Waals surface area contributed by atoms with E-state index in [-0.39, 0.29) is 12.4 Å². The molecule has 2 aromatic rings. The van der Waals surface area contributed by atoms with Crippen LogP contribution in [-0.2, 0) is 12.0 Å². The Labute approximate surface area is 137 Å². The van der Waals surface area contributed by atoms with Crippen molar-refractivity contribution < 1.29 is 14.3 Å². The van der Waals surface area contributed by atoms with Crippen molar-refractivity contribution in [3.8, 4) is 0 Å². The Morgan fingerprint density at radius 1 is 1.39 bits per heavy atom. The third-order valence-electron chi connectivity index (χ3n) is 3.88. The van der Waals surface area contributed by atoms with Crippen LogP contribution in [0.4, 0.5) is 14.9 Å². The van der Waals surface area contributed by atoms with Gasteiger partial charge in [-0.05, 0) is 42.2 Å². The number of nitrogens with zero attached hydrogens (tertiary/aromatic N) is 1. The van der Waals surface area contributed by atoms with E-state index in [4.69, 9.17) is 11.6 Å². The fourth-order valence-corrected chi connectivity index (χ4v) is 2.94. The van der Waals surface area contributed by atoms with Crippen LogP contribution in [0.5, 0.6) is 0 Å². The molecule has 0 saturated heterocycles. The maximum Gasteiger partial charge on any atom is 0.319 e. The lowest BCUT2D eigenvalue weighted by Crippen LogP contribution is -2.41. The number of urea groups is 1. The van der Waals surface area contributed by atoms with Gasteiger partial charge in [0, 0.05) is 6.20 Å². The largest absolute Gasteiger partial charge is 0.383 e. The summed E-state index contributed by atoms with van der Waals surface area (Å²) in [4.78, 5) is 15.8. The standard InChI is InChI=1S/C16H15ClFN3O2/c17-11-6-13(8-19-7-11)21-15(22)20-9-16(23)4-3-10-5-12(18)1-2-14(10)16/h1-2,5-8,23H,3-4,9H2,(H2,20,21,22). The van der Waals surface area contributed by atoms with Crippen molar-refractivity contribution in [2.45, 2.75) is 18.4 Å². The number of pyridine rings is 1. The zero-order chi connectivity index (χ0) is 16.4. The number of aromatic nitrogens is 1. The summed E-state index contributed by atoms with van der Waals surface area (Å²) in [6, 6.07) is 5.39. The highest BCUT2D eigenvalue weighted by atomic mass is 35.5. The zero-order valence-electron chi connectivity index (χ0n) is 12.1. The minimum atomic E-state index is -1.19. The second-order valence-electron chi connectivity index (χ2n) is 5.53. The molecule has 0 radical (unpaired) electrons. The van der Waals surface area contributed by atoms with Crippen LogP contribution < -0.4 is 10.6 Å². The topological polar surface area (TPSA) is 74.2 Å². The number of carbonyl (C=O) groups is 1. The molecule has 1 aromatic carbocycles. The van der Waals surface area contributed by atoms with E-state index >= 15 is 0 Å². The average molecular weight is 336 g/mol. The summed E-state index contributed by atoms with van der Waals surface area (Å²) < 4.78 is 13.2. The van der Waals surface area contributed by atoms with E-state index in [9.17, 15) is 14.3 Å². The number of carbonyl (C=O) groups excluding carboxylic acids is 1. The van der Waals surface area contributed by atoms with Gasteiger partial charge in [0.25, 0.3) is 0 Å². The molecule has 0 aliphatic heterocycles. The molecule has 5 nitrogen and oxygen atoms in total. The van der Waals surface area contributed by atoms with E-state index < -0.39 is 11.6 Å². The van der Waals surface area contributed by atoms with Gasteiger partial charge in [0.05, 0.1) is 23.5 Å². The smallest absolute Gasteiger partial charge is 0.319 e. The normalized spacial score (nSPS) is 19.3. The lowest BCUT2D eigenvalue weighted by molar-refractivity contribution is 0.0417. The van der Waals surface area contributed by atoms with Crippen molar-refractivity contribution in [1.82, 2.24) is 10.3 Å². The number of amides is 2. The molecule has 1 atom stereocenters. The van der Waals surface area contributed by atoms with Gasteiger partial charge in [-0.3, -0.25) is 4.98 Å². The highest BCUT2D eigenvalue weighted by Gasteiger charge is 2.37. The fourth-order valence-electron chi connectivity index (χ4n) is 2.76. The van der Waals surface area contributed by atoms with Gasteiger partial charge in [0.15, 0.2) is 0 Å². The van der Waals surface area contributed by atoms with Gasteiger partial charge < -0.3 is 15.7 Å². The molecule has 1 aliphatic rings. The second-order valence-corrected chi connectivity index (χ2v) is 5.97. The number of anilines is 1. The predicted molar refractivity (Wildman–Crippen MR) is 84.9 cm³/mol. The third kappa shape index (κ3) is 3.43. The predicted octanol–water partition coefficient (Wildman–Crippen LogP) is 2.83. The van der Waals surface area contributed by atoms with Crippen LogP contribution in [0.2, 0.25) is 5.02 Å². The van der Waals surface area contributed by atoms with Gasteiger partial charge in [-0.15, -0.1) is 0 Å². The Bertz CT molecular complexity index is 756. The van der Waals surface area contributed by atoms with E-state index in [0.717, 1.165) is 5.56 Å². The van der Waals surface area contributed by atoms with Gasteiger partial charge in [0.1, 0.15) is 11.4 Å². The number of rotatable bonds is 3. The molecule has 1 unspecified atom stereocenters. The Balaban J connectivity index is 1.64. The first-order valence-corrected chi connectivity index (χ1v) is 7.51. The van der Waals surface area contributed by atoms with E-state index in [0.29, 0.717) is 29.1 Å². The Kier molecular flexibility index (Phi) is 4.19. The lowest BCUT2D eigenvalue weighted by atomic mass is 9.96. The Morgan fingerprint density at radius 3 is 3.00 bits per heavy atom. The molecule has 23 heavy (non-hydrogen) atoms. The summed E-state index contributed by atoms with van der Waals surface area (Å²) in [5.41, 5.74) is 0.695. The first-order chi connectivity index (χ1) is 11.0. The summed E-state index contributed by atoms with van der Waals surface area (Å²) in [6.45, 7) is 0.0332. The van der Waals surface area contributed by atoms with Crippen LogP contribution in [-0.4, -0.2) is 22.7 Å². The summed E-state index contributed by atoms with van der Waals surface area (Å²) in [5, 5.41) is 16.3. The number of halogens is 2. The molecular weight excluding hydrogens is 321 g/mol. The molecule has 0 saturated carbocycles. The molecule has 0 spiro atoms. The fraction of sp³-hybridized carbons (Fsp3) is 0.250. The highest BCUT2D eigenvalue weighted by Crippen LogP contribution is 2.36. The van der Waals surface area contributed by atoms with E-state index in [2.05, 4.69) is 15.6 Å². The van der Waals surface area contributed by atoms with E-state index in [1.54, 1.807) is 12.1 Å². The maximum atomic E-state index is 13.2. The van der Waals surface area contributed by atoms with Gasteiger partial charge in [0.2, 0.25) is 0 Å². The quantitative estimate of drug-likeness (QED) is 0.807. The number of hydrogen-bond donors (Lipinski definition) is 3. The molecule has 2 amide bonds. The third-order valence-corrected chi connectivity index (χ3v) is 4.09. The number of nitrogens with one attached hydrogen (secondary N) is 2. The molecule has 0 bridgehead atoms. The molecule has 1 heterocycles. The van der Waals surface area contributed by atoms with Crippen molar-refractivity contribution in [2.24, 2.45) is 0 Å². The number of hydrogen-bond acceptors (Lipinski definition) is 3. The van der Waals surface area contributed by atoms with Crippen molar-refractivity contribution in [2.75, 3.05) is 11.9 Å². The van der Waals surface area contributed by atoms with Gasteiger partial charge >= 0.3 is 6.03 Å². The van der Waals surface area contributed by atoms with Crippen LogP contribution >= 0.6 is 11.6 Å². The Hall–Kier alpha value is -2.18. The SMILES string of the molecule is O=C(NCC1(O)CCc2cc(F)ccc21)Nc1cncc(Cl)c1. The van der Waals surface area contributed by atoms with Gasteiger partial charge in [-0.25, -0.2) is 9.18 Å². The molecule has 1 aromatic heterocycles. The minimum Gasteiger partial charge on any atom is -0.383 e. The number of benzene rings is 1. The van der Waals surface area contributed by atoms with E-state index in [1.807, 2.05) is 0 Å². The molecule has 7 heteroatoms. The summed E-state index contributed by atoms with van der Waals surface area (Å²) in [6.07, 6.45) is 3.94. The summed E-state index contributed by atoms with van der Waals surface area (Å²) in [7, 11) is 0. The maximum absolute atomic E-state index is 13.2. The second kappa shape index (κ2) is 6.14. The number of aryl methyl sites for hydroxylation is 1. The lowest BCUT2D eigenvalue weighted by Gasteiger charge is -2.24. The highest BCUT2D eigenvalue weighted by molar-refractivity contribution is 6.30. The number of fused-ring (bicyclic) bond motifs is 1. The zero-order valence-corrected chi connectivity index (χ0v) is 12.9. The van der Waals surface area contributed by atoms with Crippen molar-refractivity contribution in [3.05, 3.63) is 58.6 Å². The molecule has 3 N–H and O–H groups in total. The molecular formula is C16H15ClFN3O2. The van der Waals surface area contributed by atoms with Gasteiger partial charge in [-0.1, -0.05) is 17.7 Å². The monoisotopic (exact) mass is 335 g/mol. The number of aliphatic hydroxyl groups is 1. The first kappa shape index (κ1) is 15.7. The van der Waals surface area contributed by atoms with Gasteiger partial charge in [-0.2, -0.15) is 0 Å². The minimum absolute atomic E-state index is 0.0332. The summed E-state index contributed by atoms with van der Waals surface area (Å²) >= 11 is 5.80. The average Bonchev–Trinajstić information content (AvgIpc) is 2.82. The van der Waals surface area contributed by atoms with Crippen LogP contribution in [0.3, 0.4) is 0 Å². The van der Waals surface area contributed by atoms with Crippen LogP contribution in [0, 0.1) is 5.82 Å². The summed E-state index contributed by atoms with van der Waals surface area (Å²) in [5.74, 6) is -0.327. The van der Waals surface area contributed by atoms with Crippen LogP contribution in [0.25, 0.3) is 0 Å². The molecule has 1 aliphatic carbocycles. The van der Waals surface area contributed by atoms with E-state index in [1.165, 1.54) is 24.5 Å². The first-order valence-electron chi connectivity index (χ1n) is 7.13. The van der Waals surface area contributed by atoms with Crippen molar-refractivity contribution in [3.63, 3.8) is 0 Å². The molecule has 120 valence electrons. The Morgan fingerprint density at radius 2 is 2.22 bits per heavy atom. The molecule has 3 rings (SSSR count). The van der Waals surface area contributed by atoms with Crippen molar-refractivity contribution >= 4 is 23.3 Å².